The third-order valence-electron chi connectivity index (χ3n) is 26.1. The molecule has 143 heavy (non-hydrogen) atoms. The molecule has 0 saturated carbocycles. The molecule has 12 heterocycles. The first-order valence-electron chi connectivity index (χ1n) is 45.2. The quantitative estimate of drug-likeness (QED) is 0.0661. The summed E-state index contributed by atoms with van der Waals surface area (Å²) in [6, 6.07) is 72.5. The summed E-state index contributed by atoms with van der Waals surface area (Å²) < 4.78 is 180. The highest BCUT2D eigenvalue weighted by atomic mass is 35.5. The number of aromatic amines is 6. The number of halogens is 2. The lowest BCUT2D eigenvalue weighted by Gasteiger charge is -2.21. The Morgan fingerprint density at radius 2 is 0.503 bits per heavy atom. The molecule has 12 aromatic carbocycles. The normalized spacial score (nSPS) is 14.1. The van der Waals surface area contributed by atoms with Crippen LogP contribution in [-0.2, 0) is 98.7 Å². The Kier molecular flexibility index (Phi) is 25.8. The van der Waals surface area contributed by atoms with E-state index in [0.29, 0.717) is 158 Å². The molecule has 0 saturated heterocycles. The number of fused-ring (bicyclic) bond motifs is 12. The van der Waals surface area contributed by atoms with Crippen LogP contribution in [0.2, 0.25) is 5.02 Å². The van der Waals surface area contributed by atoms with Gasteiger partial charge in [-0.3, -0.25) is 54.6 Å². The largest absolute Gasteiger partial charge is 0.329 e. The fourth-order valence-corrected chi connectivity index (χ4v) is 29.6. The molecule has 0 atom stereocenters. The summed E-state index contributed by atoms with van der Waals surface area (Å²) in [5.41, 5.74) is 11.2. The molecule has 24 rings (SSSR count). The lowest BCUT2D eigenvalue weighted by Crippen LogP contribution is -2.29. The van der Waals surface area contributed by atoms with Gasteiger partial charge in [0.25, 0.3) is 93.5 Å². The number of sulfonamides is 6. The summed E-state index contributed by atoms with van der Waals surface area (Å²) in [6.07, 6.45) is 12.7. The number of nitrogens with zero attached hydrogens (tertiary/aromatic N) is 6. The van der Waals surface area contributed by atoms with Gasteiger partial charge in [-0.2, -0.15) is 0 Å². The van der Waals surface area contributed by atoms with Crippen molar-refractivity contribution in [2.24, 2.45) is 0 Å². The molecular weight excluding hydrogens is 1960 g/mol. The van der Waals surface area contributed by atoms with E-state index in [-0.39, 0.29) is 69.3 Å². The monoisotopic (exact) mass is 2050 g/mol. The molecule has 0 amide bonds. The molecule has 0 bridgehead atoms. The van der Waals surface area contributed by atoms with Crippen LogP contribution in [0.4, 0.5) is 38.5 Å². The molecule has 6 aromatic heterocycles. The van der Waals surface area contributed by atoms with Crippen LogP contribution in [0.3, 0.4) is 0 Å². The first-order valence-corrected chi connectivity index (χ1v) is 54.3. The number of hydrogen-bond acceptors (Lipinski definition) is 18. The van der Waals surface area contributed by atoms with Crippen molar-refractivity contribution in [3.05, 3.63) is 421 Å². The molecule has 726 valence electrons. The molecule has 38 heteroatoms. The maximum Gasteiger partial charge on any atom is 0.264 e. The average molecular weight is 2050 g/mol. The average Bonchev–Trinajstić information content (AvgIpc) is 1.66. The van der Waals surface area contributed by atoms with E-state index in [9.17, 15) is 83.7 Å². The van der Waals surface area contributed by atoms with Gasteiger partial charge in [-0.25, -0.2) is 54.9 Å². The summed E-state index contributed by atoms with van der Waals surface area (Å²) in [4.78, 5) is 87.9. The van der Waals surface area contributed by atoms with Crippen molar-refractivity contribution in [2.45, 2.75) is 88.7 Å². The first kappa shape index (κ1) is 96.5. The van der Waals surface area contributed by atoms with E-state index in [1.165, 1.54) is 93.3 Å². The van der Waals surface area contributed by atoms with E-state index in [0.717, 1.165) is 67.1 Å². The van der Waals surface area contributed by atoms with Crippen molar-refractivity contribution in [3.63, 3.8) is 0 Å². The molecule has 6 aliphatic heterocycles. The Morgan fingerprint density at radius 1 is 0.238 bits per heavy atom. The van der Waals surface area contributed by atoms with Crippen molar-refractivity contribution < 1.29 is 54.9 Å². The number of rotatable bonds is 12. The zero-order valence-corrected chi connectivity index (χ0v) is 82.2. The maximum absolute atomic E-state index is 13.6. The Bertz CT molecular complexity index is 8830. The van der Waals surface area contributed by atoms with Gasteiger partial charge in [-0.05, 0) is 262 Å². The van der Waals surface area contributed by atoms with E-state index < -0.39 is 66.0 Å². The van der Waals surface area contributed by atoms with Crippen molar-refractivity contribution in [2.75, 3.05) is 65.1 Å². The van der Waals surface area contributed by atoms with Crippen molar-refractivity contribution in [1.82, 2.24) is 29.9 Å². The molecule has 0 fully saturated rings. The van der Waals surface area contributed by atoms with Gasteiger partial charge in [-0.15, -0.1) is 0 Å². The van der Waals surface area contributed by atoms with Gasteiger partial charge >= 0.3 is 0 Å². The highest BCUT2D eigenvalue weighted by Gasteiger charge is 2.40. The minimum Gasteiger partial charge on any atom is -0.329 e. The van der Waals surface area contributed by atoms with Crippen LogP contribution in [0.25, 0.3) is 64.6 Å². The van der Waals surface area contributed by atoms with E-state index in [1.807, 2.05) is 106 Å². The van der Waals surface area contributed by atoms with Crippen LogP contribution in [0.15, 0.2) is 356 Å². The van der Waals surface area contributed by atoms with Crippen molar-refractivity contribution in [3.8, 4) is 0 Å². The summed E-state index contributed by atoms with van der Waals surface area (Å²) in [6.45, 7) is 8.21. The fourth-order valence-electron chi connectivity index (χ4n) is 19.2. The zero-order chi connectivity index (χ0) is 101. The minimum absolute atomic E-state index is 0.0446. The number of benzene rings is 12. The topological polar surface area (TPSA) is 421 Å². The molecule has 0 radical (unpaired) electrons. The van der Waals surface area contributed by atoms with Crippen molar-refractivity contribution in [1.29, 1.82) is 0 Å². The lowest BCUT2D eigenvalue weighted by molar-refractivity contribution is 0.591. The van der Waals surface area contributed by atoms with Gasteiger partial charge in [0.1, 0.15) is 5.82 Å². The number of nitrogens with one attached hydrogen (secondary N) is 6. The summed E-state index contributed by atoms with van der Waals surface area (Å²) in [7, 11) is -22.6. The number of aromatic nitrogens is 6. The second-order valence-corrected chi connectivity index (χ2v) is 46.0. The smallest absolute Gasteiger partial charge is 0.264 e. The minimum atomic E-state index is -3.90. The van der Waals surface area contributed by atoms with Gasteiger partial charge in [0.15, 0.2) is 0 Å². The van der Waals surface area contributed by atoms with E-state index in [2.05, 4.69) is 29.9 Å². The molecular formula is C105H88ClFN12O18S6. The predicted octanol–water partition coefficient (Wildman–Crippen LogP) is 15.4. The fraction of sp³-hybridized carbons (Fsp3) is 0.143. The Balaban J connectivity index is 0.000000109. The number of anilines is 6. The van der Waals surface area contributed by atoms with Crippen LogP contribution in [0.5, 0.6) is 0 Å². The second kappa shape index (κ2) is 38.2. The third kappa shape index (κ3) is 17.9. The molecule has 30 nitrogen and oxygen atoms in total. The Hall–Kier alpha value is -15.4. The molecule has 0 aliphatic carbocycles. The maximum atomic E-state index is 13.6. The highest BCUT2D eigenvalue weighted by Crippen LogP contribution is 2.44. The highest BCUT2D eigenvalue weighted by molar-refractivity contribution is 7.94. The van der Waals surface area contributed by atoms with Gasteiger partial charge < -0.3 is 29.9 Å². The van der Waals surface area contributed by atoms with Gasteiger partial charge in [0.05, 0.1) is 63.5 Å². The molecule has 6 aliphatic rings. The Labute approximate surface area is 823 Å². The van der Waals surface area contributed by atoms with E-state index in [4.69, 9.17) is 11.6 Å². The number of pyridine rings is 6. The number of hydrogen-bond donors (Lipinski definition) is 6. The van der Waals surface area contributed by atoms with Crippen LogP contribution >= 0.6 is 11.6 Å². The van der Waals surface area contributed by atoms with Crippen LogP contribution in [-0.4, -0.2) is 120 Å². The summed E-state index contributed by atoms with van der Waals surface area (Å²) in [5.74, 6) is -0.481. The van der Waals surface area contributed by atoms with Gasteiger partial charge in [0.2, 0.25) is 0 Å². The molecule has 0 spiro atoms. The predicted molar refractivity (Wildman–Crippen MR) is 555 cm³/mol. The summed E-state index contributed by atoms with van der Waals surface area (Å²) >= 11 is 6.03. The Morgan fingerprint density at radius 3 is 0.874 bits per heavy atom. The molecule has 0 unspecified atom stereocenters. The third-order valence-corrected chi connectivity index (χ3v) is 37.6. The SMILES string of the molecule is Cc1ccc2c(c1)CCN2S(=O)(=O)c1cccc2c(=O)[nH]ccc12.Cc1ccc2c(c1)N(S(=O)(=O)c1cccc3c(=O)[nH]ccc13)CC2.Cc1cccc2c1CCN2S(=O)(=O)c1cccc2c(=O)[nH]ccc12.O=c1[nH]ccc2c(S(=O)(=O)N3CCc4ccc(Cl)cc43)cccc12.O=c1[nH]ccc2c(S(=O)(=O)N3CCc4ccc(F)cc43)cccc12.O=c1[nH]ccc2c(S(=O)(=O)N3CCc4ccccc43)cccc12. The van der Waals surface area contributed by atoms with Crippen LogP contribution < -0.4 is 59.2 Å². The molecule has 6 N–H and O–H groups in total. The van der Waals surface area contributed by atoms with E-state index >= 15 is 0 Å². The van der Waals surface area contributed by atoms with Crippen LogP contribution in [0.1, 0.15) is 50.1 Å². The van der Waals surface area contributed by atoms with Crippen LogP contribution in [0, 0.1) is 26.6 Å². The molecule has 18 aromatic rings. The van der Waals surface area contributed by atoms with Gasteiger partial charge in [-0.1, -0.05) is 120 Å². The second-order valence-electron chi connectivity index (χ2n) is 34.6. The standard InChI is InChI=1S/3C18H16N2O3S.C17H13ClN2O3S.C17H13FN2O3S.C17H14N2O3S/c1-12-4-2-6-16-13(12)9-11-20(16)24(22,23)17-7-3-5-15-14(17)8-10-19-18(15)21;1-12-5-6-16-13(11-12)8-10-20(16)24(22,23)17-4-2-3-15-14(17)7-9-19-18(15)21;1-12-5-6-13-8-10-20(16(13)11-12)24(22,23)17-4-2-3-15-14(17)7-9-19-18(15)21;2*18-12-5-4-11-7-9-20(15(11)10-12)24(22,23)16-3-1-2-14-13(16)6-8-19-17(14)21;20-17-14-5-3-7-16(13(14)8-10-18-17)23(21,22)19-11-9-12-4-1-2-6-15(12)19/h2-8,10H,9,11H2,1H3,(H,19,21);2*2-7,9,11H,8,10H2,1H3,(H,19,21);2*1-6,8,10H,7,9H2,(H,19,21);1-8,10H,9,11H2,(H,18,20). The number of aryl methyl sites for hydroxylation is 3. The number of para-hydroxylation sites is 1. The lowest BCUT2D eigenvalue weighted by atomic mass is 10.1. The summed E-state index contributed by atoms with van der Waals surface area (Å²) in [5, 5.41) is 5.20. The van der Waals surface area contributed by atoms with Gasteiger partial charge in [0, 0.05) is 146 Å². The van der Waals surface area contributed by atoms with Crippen molar-refractivity contribution >= 4 is 170 Å². The first-order chi connectivity index (χ1) is 68.5. The van der Waals surface area contributed by atoms with E-state index in [1.54, 1.807) is 146 Å². The zero-order valence-electron chi connectivity index (χ0n) is 76.5. The number of H-pyrrole nitrogens is 6.